The molecule has 1 spiro atoms. The highest BCUT2D eigenvalue weighted by Crippen LogP contribution is 2.41. The molecule has 0 bridgehead atoms. The lowest BCUT2D eigenvalue weighted by Crippen LogP contribution is -2.64. The molecule has 1 N–H and O–H groups in total. The van der Waals surface area contributed by atoms with Crippen LogP contribution in [0.4, 0.5) is 4.79 Å². The molecule has 0 atom stereocenters. The summed E-state index contributed by atoms with van der Waals surface area (Å²) in [7, 11) is 1.85. The van der Waals surface area contributed by atoms with E-state index >= 15 is 0 Å². The van der Waals surface area contributed by atoms with E-state index in [-0.39, 0.29) is 11.6 Å². The summed E-state index contributed by atoms with van der Waals surface area (Å²) in [4.78, 5) is 13.1. The maximum atomic E-state index is 11.3. The topological polar surface area (TPSA) is 32.3 Å². The second-order valence-corrected chi connectivity index (χ2v) is 4.40. The van der Waals surface area contributed by atoms with E-state index in [1.165, 1.54) is 12.8 Å². The smallest absolute Gasteiger partial charge is 0.317 e. The Labute approximate surface area is 73.1 Å². The van der Waals surface area contributed by atoms with Crippen LogP contribution in [0.3, 0.4) is 0 Å². The summed E-state index contributed by atoms with van der Waals surface area (Å²) in [6, 6.07) is 0.105. The van der Waals surface area contributed by atoms with Crippen LogP contribution in [0.5, 0.6) is 0 Å². The number of amides is 2. The number of rotatable bonds is 0. The summed E-state index contributed by atoms with van der Waals surface area (Å²) in [5, 5.41) is 3.10. The first-order valence-electron chi connectivity index (χ1n) is 4.65. The van der Waals surface area contributed by atoms with E-state index in [1.807, 2.05) is 7.05 Å². The molecule has 2 aliphatic rings. The van der Waals surface area contributed by atoms with E-state index in [1.54, 1.807) is 4.90 Å². The second-order valence-electron chi connectivity index (χ2n) is 4.40. The third-order valence-electron chi connectivity index (χ3n) is 3.12. The predicted octanol–water partition coefficient (Wildman–Crippen LogP) is 1.20. The molecule has 1 aliphatic heterocycles. The first kappa shape index (κ1) is 7.90. The zero-order valence-electron chi connectivity index (χ0n) is 7.76. The number of hydrogen-bond donors (Lipinski definition) is 1. The van der Waals surface area contributed by atoms with Gasteiger partial charge in [0.05, 0.1) is 0 Å². The lowest BCUT2D eigenvalue weighted by Gasteiger charge is -2.51. The molecule has 0 aromatic carbocycles. The molecule has 3 nitrogen and oxygen atoms in total. The molecule has 2 amide bonds. The van der Waals surface area contributed by atoms with Gasteiger partial charge in [0.15, 0.2) is 0 Å². The largest absolute Gasteiger partial charge is 0.332 e. The van der Waals surface area contributed by atoms with E-state index in [9.17, 15) is 4.79 Å². The Morgan fingerprint density at radius 1 is 1.58 bits per heavy atom. The number of carbonyl (C=O) groups excluding carboxylic acids is 1. The average Bonchev–Trinajstić information content (AvgIpc) is 1.95. The van der Waals surface area contributed by atoms with Crippen molar-refractivity contribution in [2.45, 2.75) is 31.7 Å². The summed E-state index contributed by atoms with van der Waals surface area (Å²) >= 11 is 0. The highest BCUT2D eigenvalue weighted by molar-refractivity contribution is 5.75. The maximum absolute atomic E-state index is 11.3. The van der Waals surface area contributed by atoms with E-state index in [4.69, 9.17) is 0 Å². The van der Waals surface area contributed by atoms with Crippen molar-refractivity contribution in [1.29, 1.82) is 0 Å². The molecule has 1 aliphatic carbocycles. The molecule has 1 heterocycles. The fraction of sp³-hybridized carbons (Fsp3) is 0.889. The molecular weight excluding hydrogens is 152 g/mol. The minimum Gasteiger partial charge on any atom is -0.332 e. The fourth-order valence-corrected chi connectivity index (χ4v) is 2.45. The van der Waals surface area contributed by atoms with Crippen molar-refractivity contribution in [3.63, 3.8) is 0 Å². The van der Waals surface area contributed by atoms with Gasteiger partial charge >= 0.3 is 6.03 Å². The Bertz CT molecular complexity index is 209. The average molecular weight is 168 g/mol. The van der Waals surface area contributed by atoms with Crippen LogP contribution < -0.4 is 5.32 Å². The molecular formula is C9H16N2O. The number of carbonyl (C=O) groups is 1. The number of urea groups is 1. The molecule has 3 heteroatoms. The van der Waals surface area contributed by atoms with Gasteiger partial charge < -0.3 is 10.2 Å². The molecule has 0 aromatic heterocycles. The first-order valence-corrected chi connectivity index (χ1v) is 4.65. The fourth-order valence-electron chi connectivity index (χ4n) is 2.45. The molecule has 2 rings (SSSR count). The van der Waals surface area contributed by atoms with Gasteiger partial charge in [-0.25, -0.2) is 4.79 Å². The van der Waals surface area contributed by atoms with Crippen molar-refractivity contribution in [3.05, 3.63) is 0 Å². The summed E-state index contributed by atoms with van der Waals surface area (Å²) in [5.41, 5.74) is 0.184. The van der Waals surface area contributed by atoms with Gasteiger partial charge in [-0.3, -0.25) is 0 Å². The van der Waals surface area contributed by atoms with Crippen LogP contribution in [0.25, 0.3) is 0 Å². The molecule has 0 aromatic rings. The summed E-state index contributed by atoms with van der Waals surface area (Å²) in [6.45, 7) is 3.16. The zero-order valence-corrected chi connectivity index (χ0v) is 7.76. The van der Waals surface area contributed by atoms with Crippen LogP contribution in [0.1, 0.15) is 26.2 Å². The number of nitrogens with one attached hydrogen (secondary N) is 1. The van der Waals surface area contributed by atoms with Gasteiger partial charge in [-0.05, 0) is 25.2 Å². The third kappa shape index (κ3) is 1.08. The minimum absolute atomic E-state index is 0.105. The maximum Gasteiger partial charge on any atom is 0.317 e. The highest BCUT2D eigenvalue weighted by Gasteiger charge is 2.45. The molecule has 2 fully saturated rings. The van der Waals surface area contributed by atoms with Crippen molar-refractivity contribution in [1.82, 2.24) is 10.2 Å². The Morgan fingerprint density at radius 2 is 2.25 bits per heavy atom. The first-order chi connectivity index (χ1) is 5.61. The normalized spacial score (nSPS) is 41.0. The zero-order chi connectivity index (χ0) is 8.77. The third-order valence-corrected chi connectivity index (χ3v) is 3.12. The number of nitrogens with zero attached hydrogens (tertiary/aromatic N) is 1. The van der Waals surface area contributed by atoms with E-state index in [0.717, 1.165) is 18.9 Å². The van der Waals surface area contributed by atoms with E-state index < -0.39 is 0 Å². The van der Waals surface area contributed by atoms with Crippen LogP contribution in [0.2, 0.25) is 0 Å². The van der Waals surface area contributed by atoms with Gasteiger partial charge in [0.25, 0.3) is 0 Å². The van der Waals surface area contributed by atoms with Gasteiger partial charge in [-0.2, -0.15) is 0 Å². The van der Waals surface area contributed by atoms with Crippen LogP contribution in [-0.4, -0.2) is 30.1 Å². The van der Waals surface area contributed by atoms with Gasteiger partial charge in [-0.1, -0.05) is 6.92 Å². The lowest BCUT2D eigenvalue weighted by atomic mass is 9.67. The summed E-state index contributed by atoms with van der Waals surface area (Å²) in [6.07, 6.45) is 3.47. The predicted molar refractivity (Wildman–Crippen MR) is 46.9 cm³/mol. The van der Waals surface area contributed by atoms with Crippen LogP contribution >= 0.6 is 0 Å². The van der Waals surface area contributed by atoms with Crippen molar-refractivity contribution in [3.8, 4) is 0 Å². The second kappa shape index (κ2) is 2.38. The van der Waals surface area contributed by atoms with Crippen LogP contribution in [0.15, 0.2) is 0 Å². The molecule has 12 heavy (non-hydrogen) atoms. The molecule has 0 radical (unpaired) electrons. The van der Waals surface area contributed by atoms with E-state index in [0.29, 0.717) is 0 Å². The van der Waals surface area contributed by atoms with Crippen LogP contribution in [0, 0.1) is 5.92 Å². The van der Waals surface area contributed by atoms with Crippen molar-refractivity contribution in [2.75, 3.05) is 13.6 Å². The Balaban J connectivity index is 1.99. The molecule has 1 saturated carbocycles. The monoisotopic (exact) mass is 168 g/mol. The standard InChI is InChI=1S/C9H16N2O/c1-7-5-9(6-7)3-4-11(2)8(12)10-9/h7H,3-6H2,1-2H3,(H,10,12). The van der Waals surface area contributed by atoms with E-state index in [2.05, 4.69) is 12.2 Å². The van der Waals surface area contributed by atoms with Crippen molar-refractivity contribution >= 4 is 6.03 Å². The van der Waals surface area contributed by atoms with Gasteiger partial charge in [-0.15, -0.1) is 0 Å². The molecule has 1 saturated heterocycles. The van der Waals surface area contributed by atoms with Gasteiger partial charge in [0.1, 0.15) is 0 Å². The number of hydrogen-bond acceptors (Lipinski definition) is 1. The quantitative estimate of drug-likeness (QED) is 0.579. The lowest BCUT2D eigenvalue weighted by molar-refractivity contribution is 0.0732. The minimum atomic E-state index is 0.105. The molecule has 68 valence electrons. The van der Waals surface area contributed by atoms with Crippen molar-refractivity contribution in [2.24, 2.45) is 5.92 Å². The van der Waals surface area contributed by atoms with Crippen LogP contribution in [-0.2, 0) is 0 Å². The summed E-state index contributed by atoms with van der Waals surface area (Å²) in [5.74, 6) is 0.800. The van der Waals surface area contributed by atoms with Gasteiger partial charge in [0, 0.05) is 19.1 Å². The Hall–Kier alpha value is -0.730. The molecule has 0 unspecified atom stereocenters. The SMILES string of the molecule is CC1CC2(CCN(C)C(=O)N2)C1. The highest BCUT2D eigenvalue weighted by atomic mass is 16.2. The van der Waals surface area contributed by atoms with Crippen molar-refractivity contribution < 1.29 is 4.79 Å². The summed E-state index contributed by atoms with van der Waals surface area (Å²) < 4.78 is 0. The van der Waals surface area contributed by atoms with Gasteiger partial charge in [0.2, 0.25) is 0 Å². The Morgan fingerprint density at radius 3 is 2.75 bits per heavy atom. The Kier molecular flexibility index (Phi) is 1.56.